The molecule has 0 aliphatic carbocycles. The van der Waals surface area contributed by atoms with Gasteiger partial charge < -0.3 is 14.1 Å². The third kappa shape index (κ3) is 5.36. The van der Waals surface area contributed by atoms with Crippen LogP contribution in [-0.4, -0.2) is 37.1 Å². The summed E-state index contributed by atoms with van der Waals surface area (Å²) in [7, 11) is 2.00. The van der Waals surface area contributed by atoms with Crippen molar-refractivity contribution in [3.05, 3.63) is 30.2 Å². The van der Waals surface area contributed by atoms with Crippen LogP contribution in [0.1, 0.15) is 19.6 Å². The maximum Gasteiger partial charge on any atom is 0.330 e. The van der Waals surface area contributed by atoms with Crippen LogP contribution in [0.2, 0.25) is 0 Å². The number of ether oxygens (including phenoxy) is 1. The summed E-state index contributed by atoms with van der Waals surface area (Å²) in [5.41, 5.74) is 0. The summed E-state index contributed by atoms with van der Waals surface area (Å²) >= 11 is 0. The van der Waals surface area contributed by atoms with Crippen LogP contribution in [0.25, 0.3) is 6.08 Å². The molecule has 0 aliphatic rings. The summed E-state index contributed by atoms with van der Waals surface area (Å²) in [6.45, 7) is 5.32. The third-order valence-corrected chi connectivity index (χ3v) is 2.50. The Bertz CT molecular complexity index is 355. The van der Waals surface area contributed by atoms with Crippen LogP contribution in [0.3, 0.4) is 0 Å². The number of likely N-dealkylation sites (N-methyl/N-ethyl adjacent to an activating group) is 1. The highest BCUT2D eigenvalue weighted by Crippen LogP contribution is 2.02. The molecule has 1 aromatic rings. The number of nitrogens with zero attached hydrogens (tertiary/aromatic N) is 1. The Labute approximate surface area is 102 Å². The highest BCUT2D eigenvalue weighted by Gasteiger charge is 2.04. The van der Waals surface area contributed by atoms with Crippen molar-refractivity contribution in [2.45, 2.75) is 19.9 Å². The van der Waals surface area contributed by atoms with Gasteiger partial charge in [-0.1, -0.05) is 0 Å². The minimum Gasteiger partial charge on any atom is -0.465 e. The van der Waals surface area contributed by atoms with Crippen molar-refractivity contribution in [1.29, 1.82) is 0 Å². The number of esters is 1. The molecule has 0 unspecified atom stereocenters. The molecule has 1 heterocycles. The van der Waals surface area contributed by atoms with Crippen molar-refractivity contribution in [2.75, 3.05) is 20.2 Å². The first kappa shape index (κ1) is 13.5. The second kappa shape index (κ2) is 6.91. The van der Waals surface area contributed by atoms with E-state index in [1.807, 2.05) is 7.05 Å². The minimum absolute atomic E-state index is 0.349. The maximum atomic E-state index is 11.3. The zero-order valence-corrected chi connectivity index (χ0v) is 10.6. The van der Waals surface area contributed by atoms with E-state index in [1.165, 1.54) is 6.08 Å². The van der Waals surface area contributed by atoms with Crippen LogP contribution in [0.5, 0.6) is 0 Å². The monoisotopic (exact) mass is 237 g/mol. The van der Waals surface area contributed by atoms with E-state index in [4.69, 9.17) is 9.15 Å². The molecule has 4 heteroatoms. The number of furan rings is 1. The molecule has 0 aliphatic heterocycles. The van der Waals surface area contributed by atoms with Crippen molar-refractivity contribution in [1.82, 2.24) is 4.90 Å². The van der Waals surface area contributed by atoms with Crippen LogP contribution in [-0.2, 0) is 9.53 Å². The molecule has 0 atom stereocenters. The molecule has 0 fully saturated rings. The molecule has 1 rings (SSSR count). The van der Waals surface area contributed by atoms with Gasteiger partial charge in [0.1, 0.15) is 12.4 Å². The van der Waals surface area contributed by atoms with Crippen molar-refractivity contribution in [3.8, 4) is 0 Å². The fourth-order valence-corrected chi connectivity index (χ4v) is 1.13. The molecule has 1 aromatic heterocycles. The Hall–Kier alpha value is -1.55. The standard InChI is InChI=1S/C13H19NO3/c1-11(2)14(3)8-10-17-13(15)7-6-12-5-4-9-16-12/h4-7,9,11H,8,10H2,1-3H3/b7-6-. The van der Waals surface area contributed by atoms with Crippen LogP contribution < -0.4 is 0 Å². The van der Waals surface area contributed by atoms with E-state index >= 15 is 0 Å². The second-order valence-corrected chi connectivity index (χ2v) is 4.09. The molecule has 0 aromatic carbocycles. The molecule has 0 spiro atoms. The Balaban J connectivity index is 2.22. The first-order valence-corrected chi connectivity index (χ1v) is 5.68. The fourth-order valence-electron chi connectivity index (χ4n) is 1.13. The van der Waals surface area contributed by atoms with Gasteiger partial charge in [0, 0.05) is 18.7 Å². The summed E-state index contributed by atoms with van der Waals surface area (Å²) in [6.07, 6.45) is 4.52. The van der Waals surface area contributed by atoms with Crippen LogP contribution >= 0.6 is 0 Å². The normalized spacial score (nSPS) is 11.6. The molecule has 0 N–H and O–H groups in total. The van der Waals surface area contributed by atoms with Crippen LogP contribution in [0.15, 0.2) is 28.9 Å². The molecule has 0 saturated carbocycles. The number of carbonyl (C=O) groups excluding carboxylic acids is 1. The summed E-state index contributed by atoms with van der Waals surface area (Å²) in [5, 5.41) is 0. The van der Waals surface area contributed by atoms with E-state index in [0.717, 1.165) is 6.54 Å². The van der Waals surface area contributed by atoms with Crippen molar-refractivity contribution in [3.63, 3.8) is 0 Å². The Kier molecular flexibility index (Phi) is 5.49. The van der Waals surface area contributed by atoms with Gasteiger partial charge in [0.05, 0.1) is 6.26 Å². The molecule has 0 bridgehead atoms. The predicted molar refractivity (Wildman–Crippen MR) is 66.5 cm³/mol. The van der Waals surface area contributed by atoms with Gasteiger partial charge in [0.15, 0.2) is 0 Å². The zero-order valence-electron chi connectivity index (χ0n) is 10.6. The number of carbonyl (C=O) groups is 1. The first-order valence-electron chi connectivity index (χ1n) is 5.68. The van der Waals surface area contributed by atoms with Crippen LogP contribution in [0, 0.1) is 0 Å². The molecule has 0 saturated heterocycles. The Morgan fingerprint density at radius 3 is 2.94 bits per heavy atom. The van der Waals surface area contributed by atoms with E-state index in [1.54, 1.807) is 24.5 Å². The molecular weight excluding hydrogens is 218 g/mol. The SMILES string of the molecule is CC(C)N(C)CCOC(=O)/C=C\c1ccco1. The van der Waals surface area contributed by atoms with Gasteiger partial charge in [-0.3, -0.25) is 0 Å². The van der Waals surface area contributed by atoms with Gasteiger partial charge in [-0.2, -0.15) is 0 Å². The highest BCUT2D eigenvalue weighted by molar-refractivity contribution is 5.86. The lowest BCUT2D eigenvalue weighted by Crippen LogP contribution is -2.30. The summed E-state index contributed by atoms with van der Waals surface area (Å²) in [6, 6.07) is 3.99. The lowest BCUT2D eigenvalue weighted by molar-refractivity contribution is -0.138. The minimum atomic E-state index is -0.349. The molecule has 0 amide bonds. The average molecular weight is 237 g/mol. The van der Waals surface area contributed by atoms with E-state index < -0.39 is 0 Å². The number of rotatable bonds is 6. The highest BCUT2D eigenvalue weighted by atomic mass is 16.5. The largest absolute Gasteiger partial charge is 0.465 e. The van der Waals surface area contributed by atoms with E-state index in [-0.39, 0.29) is 5.97 Å². The van der Waals surface area contributed by atoms with E-state index in [0.29, 0.717) is 18.4 Å². The lowest BCUT2D eigenvalue weighted by atomic mass is 10.3. The van der Waals surface area contributed by atoms with Gasteiger partial charge in [-0.25, -0.2) is 4.79 Å². The van der Waals surface area contributed by atoms with Crippen molar-refractivity contribution < 1.29 is 13.9 Å². The quantitative estimate of drug-likeness (QED) is 0.562. The molecular formula is C13H19NO3. The fraction of sp³-hybridized carbons (Fsp3) is 0.462. The van der Waals surface area contributed by atoms with Crippen molar-refractivity contribution in [2.24, 2.45) is 0 Å². The summed E-state index contributed by atoms with van der Waals surface area (Å²) in [4.78, 5) is 13.4. The predicted octanol–water partition coefficient (Wildman–Crippen LogP) is 2.18. The van der Waals surface area contributed by atoms with E-state index in [9.17, 15) is 4.79 Å². The number of hydrogen-bond acceptors (Lipinski definition) is 4. The van der Waals surface area contributed by atoms with Crippen LogP contribution in [0.4, 0.5) is 0 Å². The Morgan fingerprint density at radius 1 is 1.59 bits per heavy atom. The van der Waals surface area contributed by atoms with Gasteiger partial charge in [0.2, 0.25) is 0 Å². The van der Waals surface area contributed by atoms with Gasteiger partial charge in [-0.05, 0) is 39.1 Å². The lowest BCUT2D eigenvalue weighted by Gasteiger charge is -2.20. The molecule has 94 valence electrons. The first-order chi connectivity index (χ1) is 8.09. The van der Waals surface area contributed by atoms with Gasteiger partial charge in [-0.15, -0.1) is 0 Å². The van der Waals surface area contributed by atoms with Crippen molar-refractivity contribution >= 4 is 12.0 Å². The maximum absolute atomic E-state index is 11.3. The van der Waals surface area contributed by atoms with Gasteiger partial charge in [0.25, 0.3) is 0 Å². The topological polar surface area (TPSA) is 42.7 Å². The average Bonchev–Trinajstić information content (AvgIpc) is 2.78. The van der Waals surface area contributed by atoms with E-state index in [2.05, 4.69) is 18.7 Å². The third-order valence-electron chi connectivity index (χ3n) is 2.50. The second-order valence-electron chi connectivity index (χ2n) is 4.09. The molecule has 4 nitrogen and oxygen atoms in total. The number of hydrogen-bond donors (Lipinski definition) is 0. The molecule has 0 radical (unpaired) electrons. The van der Waals surface area contributed by atoms with Gasteiger partial charge >= 0.3 is 5.97 Å². The Morgan fingerprint density at radius 2 is 2.35 bits per heavy atom. The molecule has 17 heavy (non-hydrogen) atoms. The summed E-state index contributed by atoms with van der Waals surface area (Å²) in [5.74, 6) is 0.291. The smallest absolute Gasteiger partial charge is 0.330 e. The summed E-state index contributed by atoms with van der Waals surface area (Å²) < 4.78 is 10.1. The zero-order chi connectivity index (χ0) is 12.7.